The number of piperazine rings is 1. The van der Waals surface area contributed by atoms with Crippen molar-refractivity contribution in [2.45, 2.75) is 11.4 Å². The van der Waals surface area contributed by atoms with E-state index in [1.54, 1.807) is 0 Å². The number of nitrogens with zero attached hydrogens (tertiary/aromatic N) is 5. The fourth-order valence-electron chi connectivity index (χ4n) is 3.74. The molecule has 1 saturated heterocycles. The highest BCUT2D eigenvalue weighted by Crippen LogP contribution is 2.30. The number of anilines is 1. The fraction of sp³-hybridized carbons (Fsp3) is 0.286. The number of sulfone groups is 1. The van der Waals surface area contributed by atoms with Gasteiger partial charge in [-0.3, -0.25) is 15.0 Å². The minimum atomic E-state index is -3.60. The highest BCUT2D eigenvalue weighted by molar-refractivity contribution is 7.90. The van der Waals surface area contributed by atoms with Crippen LogP contribution in [-0.2, 0) is 16.4 Å². The number of hydrogen-bond acceptors (Lipinski definition) is 7. The van der Waals surface area contributed by atoms with E-state index in [1.165, 1.54) is 12.1 Å². The Bertz CT molecular complexity index is 1190. The van der Waals surface area contributed by atoms with E-state index in [0.717, 1.165) is 43.2 Å². The minimum Gasteiger partial charge on any atom is -0.368 e. The van der Waals surface area contributed by atoms with Gasteiger partial charge >= 0.3 is 0 Å². The molecule has 0 saturated carbocycles. The van der Waals surface area contributed by atoms with E-state index in [4.69, 9.17) is 0 Å². The van der Waals surface area contributed by atoms with E-state index in [0.29, 0.717) is 18.8 Å². The number of nitro groups is 1. The molecule has 0 amide bonds. The molecular weight excluding hydrogens is 418 g/mol. The van der Waals surface area contributed by atoms with E-state index in [9.17, 15) is 18.5 Å². The monoisotopic (exact) mass is 441 g/mol. The number of nitro benzene ring substituents is 1. The van der Waals surface area contributed by atoms with Gasteiger partial charge in [0.25, 0.3) is 5.69 Å². The summed E-state index contributed by atoms with van der Waals surface area (Å²) in [5, 5.41) is 15.5. The molecule has 1 fully saturated rings. The molecule has 162 valence electrons. The number of non-ortho nitro benzene ring substituents is 1. The van der Waals surface area contributed by atoms with Gasteiger partial charge in [-0.2, -0.15) is 5.10 Å². The zero-order chi connectivity index (χ0) is 22.0. The minimum absolute atomic E-state index is 0.000660. The molecule has 0 unspecified atom stereocenters. The molecule has 2 aromatic carbocycles. The molecule has 9 nitrogen and oxygen atoms in total. The molecule has 1 aliphatic heterocycles. The predicted octanol–water partition coefficient (Wildman–Crippen LogP) is 2.51. The molecule has 0 aliphatic carbocycles. The summed E-state index contributed by atoms with van der Waals surface area (Å²) in [5.41, 5.74) is 2.40. The average Bonchev–Trinajstić information content (AvgIpc) is 3.22. The Morgan fingerprint density at radius 1 is 1.06 bits per heavy atom. The third kappa shape index (κ3) is 4.75. The van der Waals surface area contributed by atoms with Gasteiger partial charge in [-0.05, 0) is 18.2 Å². The summed E-state index contributed by atoms with van der Waals surface area (Å²) >= 11 is 0. The lowest BCUT2D eigenvalue weighted by Crippen LogP contribution is -2.46. The van der Waals surface area contributed by atoms with Crippen molar-refractivity contribution >= 4 is 21.2 Å². The van der Waals surface area contributed by atoms with Crippen LogP contribution in [0.4, 0.5) is 11.4 Å². The van der Waals surface area contributed by atoms with Crippen molar-refractivity contribution in [1.29, 1.82) is 0 Å². The summed E-state index contributed by atoms with van der Waals surface area (Å²) in [6.45, 7) is 3.51. The van der Waals surface area contributed by atoms with Crippen LogP contribution in [0.25, 0.3) is 5.69 Å². The molecule has 2 heterocycles. The lowest BCUT2D eigenvalue weighted by atomic mass is 10.2. The van der Waals surface area contributed by atoms with Gasteiger partial charge in [-0.15, -0.1) is 0 Å². The van der Waals surface area contributed by atoms with Crippen molar-refractivity contribution in [2.24, 2.45) is 0 Å². The molecule has 0 bridgehead atoms. The maximum atomic E-state index is 12.2. The summed E-state index contributed by atoms with van der Waals surface area (Å²) in [4.78, 5) is 14.7. The van der Waals surface area contributed by atoms with Crippen LogP contribution in [0, 0.1) is 10.1 Å². The Morgan fingerprint density at radius 2 is 1.77 bits per heavy atom. The van der Waals surface area contributed by atoms with Crippen LogP contribution in [0.2, 0.25) is 0 Å². The van der Waals surface area contributed by atoms with Crippen molar-refractivity contribution in [3.63, 3.8) is 0 Å². The lowest BCUT2D eigenvalue weighted by Gasteiger charge is -2.36. The largest absolute Gasteiger partial charge is 0.368 e. The van der Waals surface area contributed by atoms with Crippen LogP contribution in [0.5, 0.6) is 0 Å². The van der Waals surface area contributed by atoms with Crippen molar-refractivity contribution in [3.8, 4) is 5.69 Å². The summed E-state index contributed by atoms with van der Waals surface area (Å²) in [7, 11) is -3.60. The van der Waals surface area contributed by atoms with Crippen LogP contribution in [0.1, 0.15) is 5.56 Å². The van der Waals surface area contributed by atoms with Crippen molar-refractivity contribution in [2.75, 3.05) is 37.3 Å². The first-order valence-corrected chi connectivity index (χ1v) is 11.8. The Balaban J connectivity index is 1.44. The van der Waals surface area contributed by atoms with Crippen LogP contribution in [0.15, 0.2) is 65.8 Å². The highest BCUT2D eigenvalue weighted by atomic mass is 32.2. The Kier molecular flexibility index (Phi) is 5.75. The second kappa shape index (κ2) is 8.48. The maximum Gasteiger partial charge on any atom is 0.270 e. The third-order valence-electron chi connectivity index (χ3n) is 5.33. The number of hydrogen-bond donors (Lipinski definition) is 0. The van der Waals surface area contributed by atoms with Crippen LogP contribution < -0.4 is 4.90 Å². The second-order valence-corrected chi connectivity index (χ2v) is 9.56. The first-order valence-electron chi connectivity index (χ1n) is 9.86. The van der Waals surface area contributed by atoms with Crippen molar-refractivity contribution in [3.05, 3.63) is 76.6 Å². The zero-order valence-corrected chi connectivity index (χ0v) is 17.9. The van der Waals surface area contributed by atoms with Crippen molar-refractivity contribution < 1.29 is 13.3 Å². The molecule has 31 heavy (non-hydrogen) atoms. The molecule has 0 N–H and O–H groups in total. The topological polar surface area (TPSA) is 102 Å². The average molecular weight is 442 g/mol. The van der Waals surface area contributed by atoms with Crippen molar-refractivity contribution in [1.82, 2.24) is 14.7 Å². The zero-order valence-electron chi connectivity index (χ0n) is 17.1. The Morgan fingerprint density at radius 3 is 2.42 bits per heavy atom. The van der Waals surface area contributed by atoms with Gasteiger partial charge in [-0.25, -0.2) is 13.1 Å². The standard InChI is InChI=1S/C21H23N5O4S/c1-31(29,30)21-13-19(26(27)28)7-8-20(21)24-11-9-23(10-12-24)15-17-14-22-25(16-17)18-5-3-2-4-6-18/h2-8,13-14,16H,9-12,15H2,1H3. The van der Waals surface area contributed by atoms with E-state index < -0.39 is 14.8 Å². The van der Waals surface area contributed by atoms with Crippen LogP contribution in [-0.4, -0.2) is 60.5 Å². The van der Waals surface area contributed by atoms with Gasteiger partial charge in [0.1, 0.15) is 0 Å². The SMILES string of the molecule is CS(=O)(=O)c1cc([N+](=O)[O-])ccc1N1CCN(Cc2cnn(-c3ccccc3)c2)CC1. The molecule has 4 rings (SSSR count). The first kappa shape index (κ1) is 21.0. The van der Waals surface area contributed by atoms with Gasteiger partial charge in [0, 0.05) is 62.9 Å². The summed E-state index contributed by atoms with van der Waals surface area (Å²) in [6, 6.07) is 13.9. The van der Waals surface area contributed by atoms with Gasteiger partial charge in [0.2, 0.25) is 0 Å². The lowest BCUT2D eigenvalue weighted by molar-refractivity contribution is -0.385. The number of aromatic nitrogens is 2. The molecule has 3 aromatic rings. The molecule has 10 heteroatoms. The molecule has 0 radical (unpaired) electrons. The van der Waals surface area contributed by atoms with E-state index in [2.05, 4.69) is 10.00 Å². The Labute approximate surface area is 180 Å². The van der Waals surface area contributed by atoms with E-state index in [1.807, 2.05) is 52.3 Å². The quantitative estimate of drug-likeness (QED) is 0.428. The number of rotatable bonds is 6. The van der Waals surface area contributed by atoms with Gasteiger partial charge < -0.3 is 4.90 Å². The molecule has 1 aliphatic rings. The predicted molar refractivity (Wildman–Crippen MR) is 117 cm³/mol. The van der Waals surface area contributed by atoms with Gasteiger partial charge in [-0.1, -0.05) is 18.2 Å². The van der Waals surface area contributed by atoms with Gasteiger partial charge in [0.15, 0.2) is 9.84 Å². The molecule has 0 spiro atoms. The van der Waals surface area contributed by atoms with E-state index >= 15 is 0 Å². The van der Waals surface area contributed by atoms with E-state index in [-0.39, 0.29) is 10.6 Å². The second-order valence-electron chi connectivity index (χ2n) is 7.57. The number of benzene rings is 2. The smallest absolute Gasteiger partial charge is 0.270 e. The van der Waals surface area contributed by atoms with Gasteiger partial charge in [0.05, 0.1) is 27.4 Å². The molecular formula is C21H23N5O4S. The fourth-order valence-corrected chi connectivity index (χ4v) is 4.66. The summed E-state index contributed by atoms with van der Waals surface area (Å²) in [6.07, 6.45) is 4.95. The summed E-state index contributed by atoms with van der Waals surface area (Å²) < 4.78 is 26.3. The molecule has 1 aromatic heterocycles. The normalized spacial score (nSPS) is 15.2. The highest BCUT2D eigenvalue weighted by Gasteiger charge is 2.25. The third-order valence-corrected chi connectivity index (χ3v) is 6.46. The van der Waals surface area contributed by atoms with Crippen LogP contribution >= 0.6 is 0 Å². The first-order chi connectivity index (χ1) is 14.8. The van der Waals surface area contributed by atoms with Crippen LogP contribution in [0.3, 0.4) is 0 Å². The summed E-state index contributed by atoms with van der Waals surface area (Å²) in [5.74, 6) is 0. The maximum absolute atomic E-state index is 12.2. The molecule has 0 atom stereocenters. The Hall–Kier alpha value is -3.24. The number of para-hydroxylation sites is 1.